The minimum Gasteiger partial charge on any atom is -0.507 e. The van der Waals surface area contributed by atoms with Crippen LogP contribution in [0.2, 0.25) is 0 Å². The van der Waals surface area contributed by atoms with Gasteiger partial charge < -0.3 is 19.6 Å². The first-order chi connectivity index (χ1) is 14.9. The number of ketones is 1. The van der Waals surface area contributed by atoms with Crippen molar-refractivity contribution < 1.29 is 19.4 Å². The van der Waals surface area contributed by atoms with Gasteiger partial charge in [-0.05, 0) is 38.2 Å². The highest BCUT2D eigenvalue weighted by Crippen LogP contribution is 2.40. The van der Waals surface area contributed by atoms with Gasteiger partial charge in [-0.3, -0.25) is 9.59 Å². The number of nitrogens with zero attached hydrogens (tertiary/aromatic N) is 2. The summed E-state index contributed by atoms with van der Waals surface area (Å²) >= 11 is 0. The number of unbranched alkanes of at least 4 members (excludes halogenated alkanes) is 1. The molecule has 0 spiro atoms. The van der Waals surface area contributed by atoms with Gasteiger partial charge in [-0.25, -0.2) is 0 Å². The Morgan fingerprint density at radius 3 is 2.52 bits per heavy atom. The number of aliphatic hydroxyl groups excluding tert-OH is 1. The molecule has 1 atom stereocenters. The van der Waals surface area contributed by atoms with E-state index in [1.807, 2.05) is 49.3 Å². The molecule has 2 aromatic rings. The zero-order valence-electron chi connectivity index (χ0n) is 18.4. The number of carbonyl (C=O) groups is 2. The summed E-state index contributed by atoms with van der Waals surface area (Å²) in [7, 11) is 3.83. The van der Waals surface area contributed by atoms with Crippen LogP contribution >= 0.6 is 0 Å². The minimum absolute atomic E-state index is 0.112. The Labute approximate surface area is 183 Å². The summed E-state index contributed by atoms with van der Waals surface area (Å²) in [5.41, 5.74) is 1.36. The summed E-state index contributed by atoms with van der Waals surface area (Å²) < 4.78 is 5.84. The fraction of sp³-hybridized carbons (Fsp3) is 0.360. The van der Waals surface area contributed by atoms with Gasteiger partial charge in [0.15, 0.2) is 0 Å². The van der Waals surface area contributed by atoms with Gasteiger partial charge in [0.1, 0.15) is 11.5 Å². The summed E-state index contributed by atoms with van der Waals surface area (Å²) in [6, 6.07) is 15.6. The van der Waals surface area contributed by atoms with Crippen LogP contribution in [0.4, 0.5) is 0 Å². The molecule has 1 aliphatic rings. The molecule has 3 rings (SSSR count). The number of ether oxygens (including phenoxy) is 1. The summed E-state index contributed by atoms with van der Waals surface area (Å²) in [5, 5.41) is 11.0. The Morgan fingerprint density at radius 2 is 1.84 bits per heavy atom. The predicted molar refractivity (Wildman–Crippen MR) is 121 cm³/mol. The lowest BCUT2D eigenvalue weighted by atomic mass is 9.95. The second kappa shape index (κ2) is 10.3. The van der Waals surface area contributed by atoms with E-state index in [1.165, 1.54) is 0 Å². The van der Waals surface area contributed by atoms with Crippen LogP contribution in [-0.2, 0) is 9.59 Å². The first kappa shape index (κ1) is 22.6. The van der Waals surface area contributed by atoms with Crippen molar-refractivity contribution in [3.63, 3.8) is 0 Å². The van der Waals surface area contributed by atoms with Crippen LogP contribution in [0.5, 0.6) is 5.75 Å². The van der Waals surface area contributed by atoms with E-state index in [9.17, 15) is 14.7 Å². The number of benzene rings is 2. The highest BCUT2D eigenvalue weighted by Gasteiger charge is 2.45. The molecular formula is C25H30N2O4. The van der Waals surface area contributed by atoms with Crippen molar-refractivity contribution in [1.82, 2.24) is 9.80 Å². The van der Waals surface area contributed by atoms with Crippen molar-refractivity contribution in [3.8, 4) is 5.75 Å². The standard InChI is InChI=1S/C25H30N2O4/c1-4-5-16-31-20-13-9-12-19(17-20)22-21(23(28)18-10-7-6-8-11-18)24(29)25(30)27(22)15-14-26(2)3/h6-13,17,22,28H,4-5,14-16H2,1-3H3. The van der Waals surface area contributed by atoms with E-state index in [0.717, 1.165) is 18.4 Å². The molecule has 0 bridgehead atoms. The van der Waals surface area contributed by atoms with Crippen LogP contribution in [0.1, 0.15) is 36.9 Å². The van der Waals surface area contributed by atoms with Crippen molar-refractivity contribution in [2.24, 2.45) is 0 Å². The maximum absolute atomic E-state index is 13.0. The van der Waals surface area contributed by atoms with Crippen LogP contribution in [0.3, 0.4) is 0 Å². The number of hydrogen-bond donors (Lipinski definition) is 1. The number of likely N-dealkylation sites (N-methyl/N-ethyl adjacent to an activating group) is 1. The van der Waals surface area contributed by atoms with Crippen molar-refractivity contribution in [2.75, 3.05) is 33.8 Å². The Balaban J connectivity index is 2.06. The molecule has 1 amide bonds. The Kier molecular flexibility index (Phi) is 7.47. The van der Waals surface area contributed by atoms with E-state index in [4.69, 9.17) is 4.74 Å². The average molecular weight is 423 g/mol. The van der Waals surface area contributed by atoms with Crippen molar-refractivity contribution >= 4 is 17.4 Å². The third-order valence-electron chi connectivity index (χ3n) is 5.32. The van der Waals surface area contributed by atoms with Gasteiger partial charge in [-0.2, -0.15) is 0 Å². The molecule has 6 nitrogen and oxygen atoms in total. The molecule has 1 unspecified atom stereocenters. The van der Waals surface area contributed by atoms with Crippen LogP contribution in [-0.4, -0.2) is 60.4 Å². The molecular weight excluding hydrogens is 392 g/mol. The topological polar surface area (TPSA) is 70.1 Å². The summed E-state index contributed by atoms with van der Waals surface area (Å²) in [4.78, 5) is 29.4. The number of aliphatic hydroxyl groups is 1. The number of Topliss-reactive ketones (excluding diaryl/α,β-unsaturated/α-hetero) is 1. The van der Waals surface area contributed by atoms with E-state index in [1.54, 1.807) is 29.2 Å². The number of amides is 1. The fourth-order valence-electron chi connectivity index (χ4n) is 3.63. The van der Waals surface area contributed by atoms with Crippen LogP contribution in [0, 0.1) is 0 Å². The van der Waals surface area contributed by atoms with Gasteiger partial charge in [-0.15, -0.1) is 0 Å². The summed E-state index contributed by atoms with van der Waals surface area (Å²) in [6.45, 7) is 3.67. The van der Waals surface area contributed by atoms with E-state index < -0.39 is 17.7 Å². The van der Waals surface area contributed by atoms with Crippen molar-refractivity contribution in [1.29, 1.82) is 0 Å². The molecule has 1 saturated heterocycles. The quantitative estimate of drug-likeness (QED) is 0.288. The lowest BCUT2D eigenvalue weighted by Crippen LogP contribution is -2.35. The maximum Gasteiger partial charge on any atom is 0.295 e. The van der Waals surface area contributed by atoms with Gasteiger partial charge in [0.25, 0.3) is 11.7 Å². The largest absolute Gasteiger partial charge is 0.507 e. The normalized spacial score (nSPS) is 18.1. The second-order valence-electron chi connectivity index (χ2n) is 7.94. The summed E-state index contributed by atoms with van der Waals surface area (Å²) in [5.74, 6) is -0.735. The number of likely N-dealkylation sites (tertiary alicyclic amines) is 1. The zero-order chi connectivity index (χ0) is 22.4. The molecule has 0 aromatic heterocycles. The summed E-state index contributed by atoms with van der Waals surface area (Å²) in [6.07, 6.45) is 1.97. The molecule has 31 heavy (non-hydrogen) atoms. The third-order valence-corrected chi connectivity index (χ3v) is 5.32. The van der Waals surface area contributed by atoms with Gasteiger partial charge in [-0.1, -0.05) is 55.8 Å². The van der Waals surface area contributed by atoms with Crippen molar-refractivity contribution in [2.45, 2.75) is 25.8 Å². The number of rotatable bonds is 9. The first-order valence-corrected chi connectivity index (χ1v) is 10.6. The Morgan fingerprint density at radius 1 is 1.10 bits per heavy atom. The van der Waals surface area contributed by atoms with Gasteiger partial charge >= 0.3 is 0 Å². The zero-order valence-corrected chi connectivity index (χ0v) is 18.4. The first-order valence-electron chi connectivity index (χ1n) is 10.6. The number of hydrogen-bond acceptors (Lipinski definition) is 5. The molecule has 2 aromatic carbocycles. The minimum atomic E-state index is -0.671. The second-order valence-corrected chi connectivity index (χ2v) is 7.94. The molecule has 1 fully saturated rings. The highest BCUT2D eigenvalue weighted by molar-refractivity contribution is 6.46. The van der Waals surface area contributed by atoms with Gasteiger partial charge in [0.05, 0.1) is 18.2 Å². The smallest absolute Gasteiger partial charge is 0.295 e. The Bertz CT molecular complexity index is 953. The molecule has 0 aliphatic carbocycles. The lowest BCUT2D eigenvalue weighted by molar-refractivity contribution is -0.140. The predicted octanol–water partition coefficient (Wildman–Crippen LogP) is 3.85. The SMILES string of the molecule is CCCCOc1cccc(C2C(=C(O)c3ccccc3)C(=O)C(=O)N2CCN(C)C)c1. The maximum atomic E-state index is 13.0. The third kappa shape index (κ3) is 5.14. The van der Waals surface area contributed by atoms with Gasteiger partial charge in [0, 0.05) is 18.7 Å². The van der Waals surface area contributed by atoms with Gasteiger partial charge in [0.2, 0.25) is 0 Å². The monoisotopic (exact) mass is 422 g/mol. The number of carbonyl (C=O) groups excluding carboxylic acids is 2. The molecule has 1 N–H and O–H groups in total. The highest BCUT2D eigenvalue weighted by atomic mass is 16.5. The molecule has 0 radical (unpaired) electrons. The molecule has 0 saturated carbocycles. The van der Waals surface area contributed by atoms with Crippen LogP contribution in [0.15, 0.2) is 60.2 Å². The van der Waals surface area contributed by atoms with Crippen molar-refractivity contribution in [3.05, 3.63) is 71.3 Å². The van der Waals surface area contributed by atoms with Crippen LogP contribution < -0.4 is 4.74 Å². The Hall–Kier alpha value is -3.12. The van der Waals surface area contributed by atoms with E-state index >= 15 is 0 Å². The van der Waals surface area contributed by atoms with E-state index in [2.05, 4.69) is 6.92 Å². The molecule has 1 heterocycles. The van der Waals surface area contributed by atoms with Crippen LogP contribution in [0.25, 0.3) is 5.76 Å². The molecule has 164 valence electrons. The fourth-order valence-corrected chi connectivity index (χ4v) is 3.63. The average Bonchev–Trinajstić information content (AvgIpc) is 3.03. The molecule has 6 heteroatoms. The van der Waals surface area contributed by atoms with E-state index in [-0.39, 0.29) is 11.3 Å². The lowest BCUT2D eigenvalue weighted by Gasteiger charge is -2.27. The molecule has 1 aliphatic heterocycles. The van der Waals surface area contributed by atoms with E-state index in [0.29, 0.717) is 31.0 Å².